The van der Waals surface area contributed by atoms with Gasteiger partial charge in [-0.15, -0.1) is 0 Å². The number of hydrogen-bond donors (Lipinski definition) is 2. The van der Waals surface area contributed by atoms with E-state index in [0.29, 0.717) is 24.6 Å². The molecule has 1 aromatic rings. The number of nitrogens with one attached hydrogen (secondary N) is 1. The highest BCUT2D eigenvalue weighted by Crippen LogP contribution is 2.19. The van der Waals surface area contributed by atoms with Gasteiger partial charge in [0.25, 0.3) is 5.91 Å². The standard InChI is InChI=1S/C13H19N5O3/c1-8-6-17(7-9(2)18(8)13(20)21)12-15-4-10(5-16-12)11(19)14-3/h4-5,8-9H,6-7H2,1-3H3,(H,14,19)(H,20,21)/t8-,9+. The molecule has 2 atom stereocenters. The Morgan fingerprint density at radius 2 is 1.76 bits per heavy atom. The van der Waals surface area contributed by atoms with E-state index in [4.69, 9.17) is 0 Å². The van der Waals surface area contributed by atoms with Crippen LogP contribution in [-0.4, -0.2) is 64.2 Å². The van der Waals surface area contributed by atoms with E-state index in [1.54, 1.807) is 7.05 Å². The molecule has 1 aliphatic rings. The molecule has 0 bridgehead atoms. The molecule has 8 nitrogen and oxygen atoms in total. The van der Waals surface area contributed by atoms with Gasteiger partial charge in [-0.25, -0.2) is 14.8 Å². The summed E-state index contributed by atoms with van der Waals surface area (Å²) in [5, 5.41) is 11.7. The third kappa shape index (κ3) is 3.04. The first-order chi connectivity index (χ1) is 9.93. The van der Waals surface area contributed by atoms with Crippen molar-refractivity contribution in [1.29, 1.82) is 0 Å². The molecule has 114 valence electrons. The van der Waals surface area contributed by atoms with Crippen molar-refractivity contribution in [2.24, 2.45) is 0 Å². The lowest BCUT2D eigenvalue weighted by Crippen LogP contribution is -2.58. The van der Waals surface area contributed by atoms with E-state index in [1.807, 2.05) is 18.7 Å². The number of rotatable bonds is 2. The van der Waals surface area contributed by atoms with Crippen LogP contribution in [0.4, 0.5) is 10.7 Å². The molecule has 8 heteroatoms. The van der Waals surface area contributed by atoms with Gasteiger partial charge >= 0.3 is 6.09 Å². The molecule has 2 rings (SSSR count). The number of hydrogen-bond acceptors (Lipinski definition) is 5. The van der Waals surface area contributed by atoms with Crippen LogP contribution in [0.25, 0.3) is 0 Å². The minimum atomic E-state index is -0.912. The summed E-state index contributed by atoms with van der Waals surface area (Å²) in [6, 6.07) is -0.290. The van der Waals surface area contributed by atoms with Crippen molar-refractivity contribution in [3.05, 3.63) is 18.0 Å². The molecule has 0 aliphatic carbocycles. The molecule has 0 aromatic carbocycles. The van der Waals surface area contributed by atoms with E-state index >= 15 is 0 Å². The maximum Gasteiger partial charge on any atom is 0.407 e. The summed E-state index contributed by atoms with van der Waals surface area (Å²) in [5.41, 5.74) is 0.395. The number of anilines is 1. The van der Waals surface area contributed by atoms with Crippen molar-refractivity contribution in [2.75, 3.05) is 25.0 Å². The Hall–Kier alpha value is -2.38. The highest BCUT2D eigenvalue weighted by Gasteiger charge is 2.33. The van der Waals surface area contributed by atoms with Crippen LogP contribution in [0, 0.1) is 0 Å². The number of nitrogens with zero attached hydrogens (tertiary/aromatic N) is 4. The molecule has 2 amide bonds. The predicted molar refractivity (Wildman–Crippen MR) is 76.4 cm³/mol. The van der Waals surface area contributed by atoms with E-state index in [0.717, 1.165) is 0 Å². The lowest BCUT2D eigenvalue weighted by atomic mass is 10.1. The molecule has 0 saturated carbocycles. The van der Waals surface area contributed by atoms with E-state index in [2.05, 4.69) is 15.3 Å². The summed E-state index contributed by atoms with van der Waals surface area (Å²) in [6.45, 7) is 4.76. The number of aromatic nitrogens is 2. The van der Waals surface area contributed by atoms with Crippen LogP contribution in [0.1, 0.15) is 24.2 Å². The minimum Gasteiger partial charge on any atom is -0.465 e. The quantitative estimate of drug-likeness (QED) is 0.819. The van der Waals surface area contributed by atoms with E-state index < -0.39 is 6.09 Å². The molecule has 2 N–H and O–H groups in total. The van der Waals surface area contributed by atoms with Crippen LogP contribution < -0.4 is 10.2 Å². The molecule has 1 saturated heterocycles. The maximum atomic E-state index is 11.4. The first-order valence-electron chi connectivity index (χ1n) is 6.74. The summed E-state index contributed by atoms with van der Waals surface area (Å²) < 4.78 is 0. The first-order valence-corrected chi connectivity index (χ1v) is 6.74. The van der Waals surface area contributed by atoms with Crippen molar-refractivity contribution >= 4 is 17.9 Å². The first kappa shape index (κ1) is 15.0. The van der Waals surface area contributed by atoms with Gasteiger partial charge in [-0.3, -0.25) is 9.69 Å². The second kappa shape index (κ2) is 5.94. The van der Waals surface area contributed by atoms with Gasteiger partial charge in [0, 0.05) is 32.5 Å². The molecule has 0 radical (unpaired) electrons. The number of carbonyl (C=O) groups excluding carboxylic acids is 1. The Labute approximate surface area is 122 Å². The fraction of sp³-hybridized carbons (Fsp3) is 0.538. The van der Waals surface area contributed by atoms with Crippen LogP contribution >= 0.6 is 0 Å². The summed E-state index contributed by atoms with van der Waals surface area (Å²) in [4.78, 5) is 34.4. The van der Waals surface area contributed by atoms with E-state index in [9.17, 15) is 14.7 Å². The summed E-state index contributed by atoms with van der Waals surface area (Å²) in [7, 11) is 1.55. The van der Waals surface area contributed by atoms with Crippen LogP contribution in [0.5, 0.6) is 0 Å². The van der Waals surface area contributed by atoms with Crippen LogP contribution in [0.15, 0.2) is 12.4 Å². The predicted octanol–water partition coefficient (Wildman–Crippen LogP) is 0.413. The minimum absolute atomic E-state index is 0.145. The molecule has 2 heterocycles. The van der Waals surface area contributed by atoms with E-state index in [-0.39, 0.29) is 18.0 Å². The Kier molecular flexibility index (Phi) is 4.25. The van der Waals surface area contributed by atoms with Gasteiger partial charge in [-0.05, 0) is 13.8 Å². The van der Waals surface area contributed by atoms with E-state index in [1.165, 1.54) is 17.3 Å². The Morgan fingerprint density at radius 1 is 1.24 bits per heavy atom. The number of carboxylic acid groups (broad SMARTS) is 1. The zero-order chi connectivity index (χ0) is 15.6. The monoisotopic (exact) mass is 293 g/mol. The molecular weight excluding hydrogens is 274 g/mol. The zero-order valence-corrected chi connectivity index (χ0v) is 12.3. The van der Waals surface area contributed by atoms with Gasteiger partial charge in [0.15, 0.2) is 0 Å². The molecule has 21 heavy (non-hydrogen) atoms. The second-order valence-electron chi connectivity index (χ2n) is 5.14. The smallest absolute Gasteiger partial charge is 0.407 e. The molecule has 0 spiro atoms. The average molecular weight is 293 g/mol. The average Bonchev–Trinajstić information content (AvgIpc) is 2.45. The third-order valence-electron chi connectivity index (χ3n) is 3.55. The summed E-state index contributed by atoms with van der Waals surface area (Å²) in [5.74, 6) is 0.269. The zero-order valence-electron chi connectivity index (χ0n) is 12.3. The topological polar surface area (TPSA) is 98.7 Å². The molecule has 1 fully saturated rings. The van der Waals surface area contributed by atoms with Gasteiger partial charge in [0.1, 0.15) is 0 Å². The van der Waals surface area contributed by atoms with Gasteiger partial charge in [0.05, 0.1) is 17.6 Å². The van der Waals surface area contributed by atoms with Crippen molar-refractivity contribution in [3.8, 4) is 0 Å². The van der Waals surface area contributed by atoms with Gasteiger partial charge in [-0.1, -0.05) is 0 Å². The fourth-order valence-corrected chi connectivity index (χ4v) is 2.61. The number of amides is 2. The lowest BCUT2D eigenvalue weighted by molar-refractivity contribution is 0.0955. The molecule has 0 unspecified atom stereocenters. The largest absolute Gasteiger partial charge is 0.465 e. The van der Waals surface area contributed by atoms with Crippen molar-refractivity contribution in [1.82, 2.24) is 20.2 Å². The van der Waals surface area contributed by atoms with Gasteiger partial charge in [0.2, 0.25) is 5.95 Å². The van der Waals surface area contributed by atoms with Crippen molar-refractivity contribution in [2.45, 2.75) is 25.9 Å². The van der Waals surface area contributed by atoms with Crippen LogP contribution in [-0.2, 0) is 0 Å². The Bertz CT molecular complexity index is 521. The Balaban J connectivity index is 2.13. The lowest BCUT2D eigenvalue weighted by Gasteiger charge is -2.42. The highest BCUT2D eigenvalue weighted by atomic mass is 16.4. The van der Waals surface area contributed by atoms with Gasteiger partial charge in [-0.2, -0.15) is 0 Å². The number of piperazine rings is 1. The fourth-order valence-electron chi connectivity index (χ4n) is 2.61. The number of carbonyl (C=O) groups is 2. The maximum absolute atomic E-state index is 11.4. The van der Waals surface area contributed by atoms with Crippen molar-refractivity contribution in [3.63, 3.8) is 0 Å². The third-order valence-corrected chi connectivity index (χ3v) is 3.55. The van der Waals surface area contributed by atoms with Crippen LogP contribution in [0.3, 0.4) is 0 Å². The van der Waals surface area contributed by atoms with Gasteiger partial charge < -0.3 is 15.3 Å². The summed E-state index contributed by atoms with van der Waals surface area (Å²) in [6.07, 6.45) is 2.03. The molecule has 1 aromatic heterocycles. The Morgan fingerprint density at radius 3 is 2.19 bits per heavy atom. The van der Waals surface area contributed by atoms with Crippen molar-refractivity contribution < 1.29 is 14.7 Å². The highest BCUT2D eigenvalue weighted by molar-refractivity contribution is 5.93. The molecular formula is C13H19N5O3. The second-order valence-corrected chi connectivity index (χ2v) is 5.14. The SMILES string of the molecule is CNC(=O)c1cnc(N2C[C@@H](C)N(C(=O)O)[C@@H](C)C2)nc1. The normalized spacial score (nSPS) is 22.0. The summed E-state index contributed by atoms with van der Waals surface area (Å²) >= 11 is 0. The van der Waals surface area contributed by atoms with Crippen LogP contribution in [0.2, 0.25) is 0 Å². The molecule has 1 aliphatic heterocycles.